The number of aryl methyl sites for hydroxylation is 1. The summed E-state index contributed by atoms with van der Waals surface area (Å²) in [5, 5.41) is 0.418. The van der Waals surface area contributed by atoms with Crippen molar-refractivity contribution in [2.24, 2.45) is 0 Å². The van der Waals surface area contributed by atoms with E-state index in [-0.39, 0.29) is 11.9 Å². The van der Waals surface area contributed by atoms with Gasteiger partial charge in [-0.1, -0.05) is 41.9 Å². The molecule has 0 spiro atoms. The van der Waals surface area contributed by atoms with Gasteiger partial charge in [0.05, 0.1) is 22.3 Å². The van der Waals surface area contributed by atoms with E-state index in [9.17, 15) is 4.79 Å². The summed E-state index contributed by atoms with van der Waals surface area (Å²) >= 11 is 6.01. The van der Waals surface area contributed by atoms with Crippen molar-refractivity contribution in [1.29, 1.82) is 0 Å². The van der Waals surface area contributed by atoms with Crippen LogP contribution < -0.4 is 5.73 Å². The first-order valence-corrected chi connectivity index (χ1v) is 7.36. The van der Waals surface area contributed by atoms with E-state index < -0.39 is 0 Å². The lowest BCUT2D eigenvalue weighted by atomic mass is 10.1. The highest BCUT2D eigenvalue weighted by molar-refractivity contribution is 6.33. The standard InChI is InChI=1S/C17H17ClN2O/c1-20(15-10-9-11-5-2-3-6-12(11)15)17(21)13-7-4-8-14(18)16(13)19/h2-8,15H,9-10,19H2,1H3. The number of hydrogen-bond acceptors (Lipinski definition) is 2. The minimum atomic E-state index is -0.0864. The first kappa shape index (κ1) is 14.0. The van der Waals surface area contributed by atoms with E-state index in [2.05, 4.69) is 12.1 Å². The zero-order chi connectivity index (χ0) is 15.0. The summed E-state index contributed by atoms with van der Waals surface area (Å²) in [5.41, 5.74) is 9.30. The fourth-order valence-electron chi connectivity index (χ4n) is 2.99. The molecule has 3 nitrogen and oxygen atoms in total. The van der Waals surface area contributed by atoms with Crippen LogP contribution in [0.3, 0.4) is 0 Å². The number of nitrogens with zero attached hydrogens (tertiary/aromatic N) is 1. The molecule has 0 saturated carbocycles. The van der Waals surface area contributed by atoms with Crippen LogP contribution in [-0.2, 0) is 6.42 Å². The zero-order valence-electron chi connectivity index (χ0n) is 11.8. The van der Waals surface area contributed by atoms with Gasteiger partial charge >= 0.3 is 0 Å². The molecule has 0 aliphatic heterocycles. The Labute approximate surface area is 129 Å². The molecule has 0 bridgehead atoms. The molecule has 1 aliphatic carbocycles. The monoisotopic (exact) mass is 300 g/mol. The SMILES string of the molecule is CN(C(=O)c1cccc(Cl)c1N)C1CCc2ccccc21. The van der Waals surface area contributed by atoms with Gasteiger partial charge in [0, 0.05) is 7.05 Å². The van der Waals surface area contributed by atoms with Gasteiger partial charge in [-0.15, -0.1) is 0 Å². The van der Waals surface area contributed by atoms with E-state index in [4.69, 9.17) is 17.3 Å². The molecule has 1 unspecified atom stereocenters. The Balaban J connectivity index is 1.91. The number of anilines is 1. The molecule has 4 heteroatoms. The second-order valence-corrected chi connectivity index (χ2v) is 5.78. The van der Waals surface area contributed by atoms with Crippen LogP contribution in [0.1, 0.15) is 33.9 Å². The number of fused-ring (bicyclic) bond motifs is 1. The van der Waals surface area contributed by atoms with Gasteiger partial charge in [0.25, 0.3) is 5.91 Å². The molecule has 0 heterocycles. The number of benzene rings is 2. The van der Waals surface area contributed by atoms with E-state index >= 15 is 0 Å². The van der Waals surface area contributed by atoms with Crippen molar-refractivity contribution >= 4 is 23.2 Å². The molecule has 0 fully saturated rings. The summed E-state index contributed by atoms with van der Waals surface area (Å²) in [6, 6.07) is 13.6. The highest BCUT2D eigenvalue weighted by Gasteiger charge is 2.29. The van der Waals surface area contributed by atoms with E-state index in [1.165, 1.54) is 11.1 Å². The molecule has 3 rings (SSSR count). The predicted octanol–water partition coefficient (Wildman–Crippen LogP) is 3.68. The van der Waals surface area contributed by atoms with E-state index in [1.54, 1.807) is 23.1 Å². The average molecular weight is 301 g/mol. The van der Waals surface area contributed by atoms with Crippen LogP contribution in [0.25, 0.3) is 0 Å². The van der Waals surface area contributed by atoms with Gasteiger partial charge in [0.2, 0.25) is 0 Å². The summed E-state index contributed by atoms with van der Waals surface area (Å²) in [4.78, 5) is 14.5. The predicted molar refractivity (Wildman–Crippen MR) is 85.5 cm³/mol. The van der Waals surface area contributed by atoms with Crippen LogP contribution in [-0.4, -0.2) is 17.9 Å². The lowest BCUT2D eigenvalue weighted by Gasteiger charge is -2.26. The Bertz CT molecular complexity index is 699. The molecule has 1 aliphatic rings. The highest BCUT2D eigenvalue weighted by Crippen LogP contribution is 2.36. The first-order chi connectivity index (χ1) is 10.1. The minimum Gasteiger partial charge on any atom is -0.397 e. The molecule has 2 aromatic carbocycles. The maximum Gasteiger partial charge on any atom is 0.256 e. The molecule has 108 valence electrons. The average Bonchev–Trinajstić information content (AvgIpc) is 2.92. The van der Waals surface area contributed by atoms with Gasteiger partial charge in [-0.25, -0.2) is 0 Å². The van der Waals surface area contributed by atoms with Crippen LogP contribution >= 0.6 is 11.6 Å². The number of nitrogens with two attached hydrogens (primary N) is 1. The molecular weight excluding hydrogens is 284 g/mol. The largest absolute Gasteiger partial charge is 0.397 e. The Morgan fingerprint density at radius 3 is 2.81 bits per heavy atom. The number of hydrogen-bond donors (Lipinski definition) is 1. The summed E-state index contributed by atoms with van der Waals surface area (Å²) < 4.78 is 0. The summed E-state index contributed by atoms with van der Waals surface area (Å²) in [6.07, 6.45) is 1.95. The molecule has 2 aromatic rings. The number of carbonyl (C=O) groups is 1. The molecule has 1 atom stereocenters. The molecule has 21 heavy (non-hydrogen) atoms. The molecule has 2 N–H and O–H groups in total. The van der Waals surface area contributed by atoms with Gasteiger partial charge in [-0.2, -0.15) is 0 Å². The molecule has 0 aromatic heterocycles. The molecular formula is C17H17ClN2O. The van der Waals surface area contributed by atoms with Gasteiger partial charge in [-0.05, 0) is 36.1 Å². The van der Waals surface area contributed by atoms with E-state index in [0.717, 1.165) is 12.8 Å². The second kappa shape index (κ2) is 5.41. The van der Waals surface area contributed by atoms with Crippen LogP contribution in [0.2, 0.25) is 5.02 Å². The third kappa shape index (κ3) is 2.38. The minimum absolute atomic E-state index is 0.0864. The highest BCUT2D eigenvalue weighted by atomic mass is 35.5. The number of nitrogen functional groups attached to an aromatic ring is 1. The fourth-order valence-corrected chi connectivity index (χ4v) is 3.17. The van der Waals surface area contributed by atoms with Crippen molar-refractivity contribution in [2.45, 2.75) is 18.9 Å². The van der Waals surface area contributed by atoms with Gasteiger partial charge in [0.15, 0.2) is 0 Å². The molecule has 0 saturated heterocycles. The number of halogens is 1. The van der Waals surface area contributed by atoms with Gasteiger partial charge in [0.1, 0.15) is 0 Å². The quantitative estimate of drug-likeness (QED) is 0.860. The normalized spacial score (nSPS) is 16.6. The van der Waals surface area contributed by atoms with Crippen molar-refractivity contribution in [3.8, 4) is 0 Å². The summed E-state index contributed by atoms with van der Waals surface area (Å²) in [6.45, 7) is 0. The zero-order valence-corrected chi connectivity index (χ0v) is 12.6. The third-order valence-electron chi connectivity index (χ3n) is 4.17. The van der Waals surface area contributed by atoms with Gasteiger partial charge < -0.3 is 10.6 Å². The lowest BCUT2D eigenvalue weighted by molar-refractivity contribution is 0.0731. The van der Waals surface area contributed by atoms with Crippen molar-refractivity contribution in [3.63, 3.8) is 0 Å². The van der Waals surface area contributed by atoms with Crippen LogP contribution in [0.4, 0.5) is 5.69 Å². The van der Waals surface area contributed by atoms with Crippen LogP contribution in [0.15, 0.2) is 42.5 Å². The Hall–Kier alpha value is -2.00. The fraction of sp³-hybridized carbons (Fsp3) is 0.235. The number of carbonyl (C=O) groups excluding carboxylic acids is 1. The summed E-state index contributed by atoms with van der Waals surface area (Å²) in [5.74, 6) is -0.0864. The van der Waals surface area contributed by atoms with Crippen molar-refractivity contribution in [1.82, 2.24) is 4.90 Å². The van der Waals surface area contributed by atoms with Crippen molar-refractivity contribution in [2.75, 3.05) is 12.8 Å². The van der Waals surface area contributed by atoms with Crippen molar-refractivity contribution < 1.29 is 4.79 Å². The van der Waals surface area contributed by atoms with E-state index in [1.807, 2.05) is 19.2 Å². The first-order valence-electron chi connectivity index (χ1n) is 6.98. The maximum atomic E-state index is 12.7. The van der Waals surface area contributed by atoms with Crippen LogP contribution in [0, 0.1) is 0 Å². The Kier molecular flexibility index (Phi) is 3.60. The number of rotatable bonds is 2. The number of para-hydroxylation sites is 1. The number of amides is 1. The lowest BCUT2D eigenvalue weighted by Crippen LogP contribution is -2.30. The maximum absolute atomic E-state index is 12.7. The molecule has 1 amide bonds. The van der Waals surface area contributed by atoms with Crippen molar-refractivity contribution in [3.05, 3.63) is 64.2 Å². The second-order valence-electron chi connectivity index (χ2n) is 5.37. The topological polar surface area (TPSA) is 46.3 Å². The Morgan fingerprint density at radius 1 is 1.24 bits per heavy atom. The Morgan fingerprint density at radius 2 is 2.00 bits per heavy atom. The van der Waals surface area contributed by atoms with Gasteiger partial charge in [-0.3, -0.25) is 4.79 Å². The molecule has 0 radical (unpaired) electrons. The third-order valence-corrected chi connectivity index (χ3v) is 4.50. The van der Waals surface area contributed by atoms with Crippen LogP contribution in [0.5, 0.6) is 0 Å². The smallest absolute Gasteiger partial charge is 0.256 e. The summed E-state index contributed by atoms with van der Waals surface area (Å²) in [7, 11) is 1.83. The van der Waals surface area contributed by atoms with E-state index in [0.29, 0.717) is 16.3 Å².